The number of alkyl carbamates (subject to hydrolysis) is 1. The number of hydrogen-bond donors (Lipinski definition) is 4. The smallest absolute Gasteiger partial charge is 0.408 e. The number of nitrogens with zero attached hydrogens (tertiary/aromatic N) is 2. The number of hydrogen-bond acceptors (Lipinski definition) is 7. The van der Waals surface area contributed by atoms with Crippen molar-refractivity contribution in [2.24, 2.45) is 17.3 Å². The maximum Gasteiger partial charge on any atom is 0.408 e. The van der Waals surface area contributed by atoms with Gasteiger partial charge in [-0.05, 0) is 33.1 Å². The Hall–Kier alpha value is -2.30. The number of fused-ring (bicyclic) bond motifs is 1. The molecule has 4 aliphatic carbocycles. The lowest BCUT2D eigenvalue weighted by Gasteiger charge is -2.28. The molecule has 5 atom stereocenters. The van der Waals surface area contributed by atoms with Gasteiger partial charge in [-0.1, -0.05) is 11.8 Å². The van der Waals surface area contributed by atoms with Gasteiger partial charge in [-0.25, -0.2) is 14.6 Å². The largest absolute Gasteiger partial charge is 0.481 e. The molecule has 1 aromatic heterocycles. The third-order valence-electron chi connectivity index (χ3n) is 5.53. The summed E-state index contributed by atoms with van der Waals surface area (Å²) in [5.41, 5.74) is -3.63. The number of aliphatic carboxylic acids is 2. The Kier molecular flexibility index (Phi) is 3.10. The van der Waals surface area contributed by atoms with Crippen LogP contribution < -0.4 is 5.32 Å². The van der Waals surface area contributed by atoms with E-state index in [2.05, 4.69) is 20.5 Å². The van der Waals surface area contributed by atoms with Gasteiger partial charge in [0.2, 0.25) is 0 Å². The summed E-state index contributed by atoms with van der Waals surface area (Å²) < 4.78 is 4.36. The summed E-state index contributed by atoms with van der Waals surface area (Å²) in [6.07, 6.45) is 0.421. The van der Waals surface area contributed by atoms with E-state index in [1.165, 1.54) is 18.1 Å². The van der Waals surface area contributed by atoms with Crippen LogP contribution in [0.5, 0.6) is 0 Å². The maximum atomic E-state index is 12.2. The maximum absolute atomic E-state index is 12.2. The normalized spacial score (nSPS) is 39.0. The van der Waals surface area contributed by atoms with Crippen LogP contribution in [0.25, 0.3) is 0 Å². The lowest BCUT2D eigenvalue weighted by Crippen LogP contribution is -2.55. The van der Waals surface area contributed by atoms with Crippen molar-refractivity contribution in [2.75, 3.05) is 0 Å². The second kappa shape index (κ2) is 4.70. The Labute approximate surface area is 152 Å². The van der Waals surface area contributed by atoms with E-state index in [4.69, 9.17) is 4.74 Å². The Balaban J connectivity index is 1.64. The quantitative estimate of drug-likeness (QED) is 0.576. The molecule has 5 rings (SSSR count). The van der Waals surface area contributed by atoms with Gasteiger partial charge in [-0.2, -0.15) is 5.10 Å². The molecule has 140 valence electrons. The molecule has 1 heterocycles. The number of carbonyl (C=O) groups excluding carboxylic acids is 1. The lowest BCUT2D eigenvalue weighted by molar-refractivity contribution is -0.146. The molecule has 26 heavy (non-hydrogen) atoms. The molecular formula is C15H18N4O6S. The standard InChI is InChI=1S/C15H18N4O6S/c1-12(2,3)25-11(24)18-13(8(20)21)4-14(26-10-16-5-17-19-10)7-6(13)15(7,14)9(22)23/h5-7H,4H2,1-3H3,(H,18,24)(H,20,21)(H,22,23)(H,16,17,19)/t6?,7-,13-,14+,15+/m0/s1. The first-order chi connectivity index (χ1) is 12.0. The topological polar surface area (TPSA) is 154 Å². The van der Waals surface area contributed by atoms with Crippen molar-refractivity contribution in [2.45, 2.75) is 48.2 Å². The highest BCUT2D eigenvalue weighted by atomic mass is 32.2. The van der Waals surface area contributed by atoms with Crippen molar-refractivity contribution in [1.82, 2.24) is 20.5 Å². The molecule has 4 fully saturated rings. The predicted molar refractivity (Wildman–Crippen MR) is 86.4 cm³/mol. The highest BCUT2D eigenvalue weighted by Gasteiger charge is 3.09. The van der Waals surface area contributed by atoms with E-state index in [0.717, 1.165) is 0 Å². The fourth-order valence-electron chi connectivity index (χ4n) is 4.76. The number of amides is 1. The number of rotatable bonds is 5. The summed E-state index contributed by atoms with van der Waals surface area (Å²) in [7, 11) is 0. The molecule has 0 aliphatic heterocycles. The molecule has 1 unspecified atom stereocenters. The zero-order chi connectivity index (χ0) is 19.1. The molecule has 11 heteroatoms. The van der Waals surface area contributed by atoms with E-state index in [9.17, 15) is 24.6 Å². The molecule has 10 nitrogen and oxygen atoms in total. The molecule has 1 amide bonds. The number of aromatic nitrogens is 3. The number of aromatic amines is 1. The summed E-state index contributed by atoms with van der Waals surface area (Å²) in [5, 5.41) is 28.9. The van der Waals surface area contributed by atoms with Gasteiger partial charge in [-0.3, -0.25) is 9.89 Å². The molecule has 4 saturated carbocycles. The minimum Gasteiger partial charge on any atom is -0.481 e. The van der Waals surface area contributed by atoms with Crippen LogP contribution in [0.1, 0.15) is 27.2 Å². The third kappa shape index (κ3) is 1.86. The van der Waals surface area contributed by atoms with Crippen molar-refractivity contribution < 1.29 is 29.3 Å². The van der Waals surface area contributed by atoms with Crippen LogP contribution in [0.3, 0.4) is 0 Å². The molecule has 0 radical (unpaired) electrons. The lowest BCUT2D eigenvalue weighted by atomic mass is 9.94. The van der Waals surface area contributed by atoms with Gasteiger partial charge in [0, 0.05) is 10.7 Å². The molecular weight excluding hydrogens is 364 g/mol. The second-order valence-corrected chi connectivity index (χ2v) is 9.31. The summed E-state index contributed by atoms with van der Waals surface area (Å²) >= 11 is 1.18. The van der Waals surface area contributed by atoms with Crippen molar-refractivity contribution >= 4 is 29.8 Å². The van der Waals surface area contributed by atoms with E-state index < -0.39 is 45.3 Å². The average Bonchev–Trinajstić information content (AvgIpc) is 3.09. The number of thioether (sulfide) groups is 1. The molecule has 4 N–H and O–H groups in total. The van der Waals surface area contributed by atoms with Crippen LogP contribution in [0.4, 0.5) is 4.79 Å². The minimum atomic E-state index is -1.67. The van der Waals surface area contributed by atoms with E-state index in [0.29, 0.717) is 5.16 Å². The first-order valence-electron chi connectivity index (χ1n) is 8.03. The van der Waals surface area contributed by atoms with E-state index in [1.54, 1.807) is 20.8 Å². The summed E-state index contributed by atoms with van der Waals surface area (Å²) in [6.45, 7) is 5.00. The van der Waals surface area contributed by atoms with Gasteiger partial charge in [0.15, 0.2) is 5.16 Å². The van der Waals surface area contributed by atoms with Crippen LogP contribution in [0.2, 0.25) is 0 Å². The summed E-state index contributed by atoms with van der Waals surface area (Å²) in [6, 6.07) is 0. The van der Waals surface area contributed by atoms with Crippen molar-refractivity contribution in [3.8, 4) is 0 Å². The zero-order valence-electron chi connectivity index (χ0n) is 14.3. The van der Waals surface area contributed by atoms with Crippen LogP contribution in [-0.4, -0.2) is 59.3 Å². The molecule has 4 aliphatic rings. The van der Waals surface area contributed by atoms with Crippen LogP contribution in [-0.2, 0) is 14.3 Å². The number of carbonyl (C=O) groups is 3. The molecule has 1 aromatic rings. The van der Waals surface area contributed by atoms with Crippen LogP contribution in [0.15, 0.2) is 11.5 Å². The van der Waals surface area contributed by atoms with E-state index >= 15 is 0 Å². The Morgan fingerprint density at radius 1 is 1.31 bits per heavy atom. The average molecular weight is 382 g/mol. The zero-order valence-corrected chi connectivity index (χ0v) is 15.1. The van der Waals surface area contributed by atoms with Crippen LogP contribution >= 0.6 is 11.8 Å². The molecule has 0 saturated heterocycles. The first-order valence-corrected chi connectivity index (χ1v) is 8.85. The van der Waals surface area contributed by atoms with Gasteiger partial charge in [0.25, 0.3) is 0 Å². The van der Waals surface area contributed by atoms with Gasteiger partial charge >= 0.3 is 18.0 Å². The fraction of sp³-hybridized carbons (Fsp3) is 0.667. The number of ether oxygens (including phenoxy) is 1. The third-order valence-corrected chi connectivity index (χ3v) is 7.02. The monoisotopic (exact) mass is 382 g/mol. The van der Waals surface area contributed by atoms with Crippen molar-refractivity contribution in [3.63, 3.8) is 0 Å². The highest BCUT2D eigenvalue weighted by Crippen LogP contribution is 2.99. The minimum absolute atomic E-state index is 0.0123. The van der Waals surface area contributed by atoms with Gasteiger partial charge in [0.1, 0.15) is 17.5 Å². The first kappa shape index (κ1) is 17.1. The molecule has 0 aromatic carbocycles. The Bertz CT molecular complexity index is 823. The molecule has 0 spiro atoms. The second-order valence-electron chi connectivity index (χ2n) is 7.99. The van der Waals surface area contributed by atoms with Crippen LogP contribution in [0, 0.1) is 17.3 Å². The predicted octanol–water partition coefficient (Wildman–Crippen LogP) is 0.718. The Morgan fingerprint density at radius 3 is 2.46 bits per heavy atom. The van der Waals surface area contributed by atoms with E-state index in [1.807, 2.05) is 0 Å². The van der Waals surface area contributed by atoms with E-state index in [-0.39, 0.29) is 12.3 Å². The number of carboxylic acids is 2. The SMILES string of the molecule is CC(C)(C)OC(=O)N[C@@]1(C(=O)O)C[C@@]2(Sc3ncn[nH]3)[C@@H]3C1[C@]32C(=O)O. The van der Waals surface area contributed by atoms with Gasteiger partial charge < -0.3 is 20.3 Å². The summed E-state index contributed by atoms with van der Waals surface area (Å²) in [4.78, 5) is 40.2. The molecule has 2 bridgehead atoms. The van der Waals surface area contributed by atoms with Gasteiger partial charge in [0.05, 0.1) is 5.41 Å². The summed E-state index contributed by atoms with van der Waals surface area (Å²) in [5.74, 6) is -3.31. The van der Waals surface area contributed by atoms with Gasteiger partial charge in [-0.15, -0.1) is 0 Å². The fourth-order valence-corrected chi connectivity index (χ4v) is 6.50. The highest BCUT2D eigenvalue weighted by molar-refractivity contribution is 8.01. The number of nitrogens with one attached hydrogen (secondary N) is 2. The number of carboxylic acid groups (broad SMARTS) is 2. The van der Waals surface area contributed by atoms with Crippen molar-refractivity contribution in [1.29, 1.82) is 0 Å². The Morgan fingerprint density at radius 2 is 2.00 bits per heavy atom. The number of H-pyrrole nitrogens is 1. The van der Waals surface area contributed by atoms with Crippen molar-refractivity contribution in [3.05, 3.63) is 6.33 Å².